The van der Waals surface area contributed by atoms with Crippen LogP contribution in [0.5, 0.6) is 0 Å². The topological polar surface area (TPSA) is 71.6 Å². The Morgan fingerprint density at radius 3 is 2.37 bits per heavy atom. The van der Waals surface area contributed by atoms with Crippen LogP contribution in [0.3, 0.4) is 0 Å². The van der Waals surface area contributed by atoms with Gasteiger partial charge in [-0.1, -0.05) is 6.07 Å². The van der Waals surface area contributed by atoms with Crippen LogP contribution < -0.4 is 10.6 Å². The van der Waals surface area contributed by atoms with Gasteiger partial charge in [0.05, 0.1) is 5.56 Å². The molecule has 0 aromatic heterocycles. The van der Waals surface area contributed by atoms with Gasteiger partial charge in [0, 0.05) is 37.5 Å². The molecule has 1 aliphatic heterocycles. The molecule has 0 radical (unpaired) electrons. The Hall–Kier alpha value is -1.11. The lowest BCUT2D eigenvalue weighted by Gasteiger charge is -2.22. The van der Waals surface area contributed by atoms with Crippen molar-refractivity contribution in [3.63, 3.8) is 0 Å². The van der Waals surface area contributed by atoms with Crippen molar-refractivity contribution in [2.75, 3.05) is 32.2 Å². The highest BCUT2D eigenvalue weighted by molar-refractivity contribution is 9.10. The lowest BCUT2D eigenvalue weighted by atomic mass is 10.1. The summed E-state index contributed by atoms with van der Waals surface area (Å²) in [7, 11) is 3.37. The molecule has 2 rings (SSSR count). The average molecular weight is 328 g/mol. The minimum atomic E-state index is 0.0313. The molecule has 19 heavy (non-hydrogen) atoms. The van der Waals surface area contributed by atoms with E-state index < -0.39 is 0 Å². The van der Waals surface area contributed by atoms with Crippen LogP contribution in [0.2, 0.25) is 0 Å². The molecule has 0 spiro atoms. The zero-order chi connectivity index (χ0) is 14.0. The Balaban J connectivity index is 2.33. The number of nitrogen functional groups attached to an aromatic ring is 1. The molecular weight excluding hydrogens is 310 g/mol. The van der Waals surface area contributed by atoms with Gasteiger partial charge in [0.1, 0.15) is 18.0 Å². The normalized spacial score (nSPS) is 22.8. The summed E-state index contributed by atoms with van der Waals surface area (Å²) in [6, 6.07) is 5.79. The van der Waals surface area contributed by atoms with E-state index in [9.17, 15) is 0 Å². The van der Waals surface area contributed by atoms with E-state index in [1.807, 2.05) is 18.2 Å². The van der Waals surface area contributed by atoms with Gasteiger partial charge in [-0.15, -0.1) is 0 Å². The molecule has 6 heteroatoms. The number of hydrogen-bond acceptors (Lipinski definition) is 4. The van der Waals surface area contributed by atoms with Gasteiger partial charge in [-0.25, -0.2) is 0 Å². The number of halogens is 1. The second kappa shape index (κ2) is 5.90. The van der Waals surface area contributed by atoms with E-state index in [4.69, 9.17) is 20.6 Å². The van der Waals surface area contributed by atoms with Crippen LogP contribution >= 0.6 is 15.9 Å². The summed E-state index contributed by atoms with van der Waals surface area (Å²) < 4.78 is 11.7. The Labute approximate surface area is 121 Å². The van der Waals surface area contributed by atoms with E-state index in [-0.39, 0.29) is 18.0 Å². The average Bonchev–Trinajstić information content (AvgIpc) is 2.81. The first-order valence-corrected chi connectivity index (χ1v) is 6.81. The van der Waals surface area contributed by atoms with Gasteiger partial charge in [0.25, 0.3) is 0 Å². The highest BCUT2D eigenvalue weighted by Gasteiger charge is 2.34. The SMILES string of the molecule is COC1CN(c2cccc(Br)c2C(=N)N)CC1OC. The summed E-state index contributed by atoms with van der Waals surface area (Å²) >= 11 is 3.45. The first kappa shape index (κ1) is 14.3. The summed E-state index contributed by atoms with van der Waals surface area (Å²) in [6.07, 6.45) is 0.0626. The predicted octanol–water partition coefficient (Wildman–Crippen LogP) is 1.58. The molecule has 1 aromatic carbocycles. The smallest absolute Gasteiger partial charge is 0.126 e. The third-order valence-electron chi connectivity index (χ3n) is 3.42. The summed E-state index contributed by atoms with van der Waals surface area (Å²) in [5.41, 5.74) is 7.33. The Bertz CT molecular complexity index is 469. The maximum absolute atomic E-state index is 7.73. The molecule has 2 unspecified atom stereocenters. The van der Waals surface area contributed by atoms with Crippen molar-refractivity contribution >= 4 is 27.5 Å². The fourth-order valence-corrected chi connectivity index (χ4v) is 3.01. The number of nitrogens with two attached hydrogens (primary N) is 1. The molecule has 1 heterocycles. The van der Waals surface area contributed by atoms with Crippen LogP contribution in [0.1, 0.15) is 5.56 Å². The quantitative estimate of drug-likeness (QED) is 0.650. The largest absolute Gasteiger partial charge is 0.384 e. The number of rotatable bonds is 4. The van der Waals surface area contributed by atoms with Crippen molar-refractivity contribution in [3.05, 3.63) is 28.2 Å². The number of anilines is 1. The zero-order valence-electron chi connectivity index (χ0n) is 11.0. The summed E-state index contributed by atoms with van der Waals surface area (Å²) in [4.78, 5) is 2.14. The van der Waals surface area contributed by atoms with Crippen molar-refractivity contribution < 1.29 is 9.47 Å². The fourth-order valence-electron chi connectivity index (χ4n) is 2.44. The van der Waals surface area contributed by atoms with Crippen LogP contribution in [0.15, 0.2) is 22.7 Å². The van der Waals surface area contributed by atoms with Gasteiger partial charge in [-0.05, 0) is 28.1 Å². The van der Waals surface area contributed by atoms with Gasteiger partial charge in [0.15, 0.2) is 0 Å². The van der Waals surface area contributed by atoms with E-state index in [1.54, 1.807) is 14.2 Å². The minimum absolute atomic E-state index is 0.0313. The third kappa shape index (κ3) is 2.75. The number of methoxy groups -OCH3 is 2. The molecule has 104 valence electrons. The van der Waals surface area contributed by atoms with Gasteiger partial charge >= 0.3 is 0 Å². The molecule has 3 N–H and O–H groups in total. The lowest BCUT2D eigenvalue weighted by molar-refractivity contribution is -0.00461. The van der Waals surface area contributed by atoms with Gasteiger partial charge in [-0.3, -0.25) is 5.41 Å². The molecule has 0 saturated carbocycles. The predicted molar refractivity (Wildman–Crippen MR) is 79.0 cm³/mol. The van der Waals surface area contributed by atoms with Gasteiger partial charge < -0.3 is 20.1 Å². The van der Waals surface area contributed by atoms with Crippen molar-refractivity contribution in [2.24, 2.45) is 5.73 Å². The van der Waals surface area contributed by atoms with E-state index in [0.29, 0.717) is 5.56 Å². The molecular formula is C13H18BrN3O2. The van der Waals surface area contributed by atoms with Crippen LogP contribution in [0, 0.1) is 5.41 Å². The lowest BCUT2D eigenvalue weighted by Crippen LogP contribution is -2.27. The van der Waals surface area contributed by atoms with E-state index >= 15 is 0 Å². The highest BCUT2D eigenvalue weighted by atomic mass is 79.9. The molecule has 1 aliphatic rings. The van der Waals surface area contributed by atoms with Gasteiger partial charge in [0.2, 0.25) is 0 Å². The molecule has 5 nitrogen and oxygen atoms in total. The Kier molecular flexibility index (Phi) is 4.44. The molecule has 0 bridgehead atoms. The summed E-state index contributed by atoms with van der Waals surface area (Å²) in [5.74, 6) is 0.0531. The molecule has 2 atom stereocenters. The number of amidine groups is 1. The van der Waals surface area contributed by atoms with Crippen LogP contribution in [-0.4, -0.2) is 45.4 Å². The molecule has 0 aliphatic carbocycles. The standard InChI is InChI=1S/C13H18BrN3O2/c1-18-10-6-17(7-11(10)19-2)9-5-3-4-8(14)12(9)13(15)16/h3-5,10-11H,6-7H2,1-2H3,(H3,15,16). The highest BCUT2D eigenvalue weighted by Crippen LogP contribution is 2.31. The summed E-state index contributed by atoms with van der Waals surface area (Å²) in [5, 5.41) is 7.73. The molecule has 1 saturated heterocycles. The van der Waals surface area contributed by atoms with Crippen molar-refractivity contribution in [1.82, 2.24) is 0 Å². The van der Waals surface area contributed by atoms with Crippen LogP contribution in [0.4, 0.5) is 5.69 Å². The number of ether oxygens (including phenoxy) is 2. The van der Waals surface area contributed by atoms with Crippen molar-refractivity contribution in [1.29, 1.82) is 5.41 Å². The third-order valence-corrected chi connectivity index (χ3v) is 4.08. The van der Waals surface area contributed by atoms with Crippen molar-refractivity contribution in [3.8, 4) is 0 Å². The van der Waals surface area contributed by atoms with E-state index in [1.165, 1.54) is 0 Å². The maximum atomic E-state index is 7.73. The summed E-state index contributed by atoms with van der Waals surface area (Å²) in [6.45, 7) is 1.46. The number of nitrogens with zero attached hydrogens (tertiary/aromatic N) is 1. The van der Waals surface area contributed by atoms with E-state index in [0.717, 1.165) is 23.2 Å². The molecule has 1 aromatic rings. The zero-order valence-corrected chi connectivity index (χ0v) is 12.6. The second-order valence-electron chi connectivity index (χ2n) is 4.50. The first-order chi connectivity index (χ1) is 9.08. The minimum Gasteiger partial charge on any atom is -0.384 e. The van der Waals surface area contributed by atoms with Crippen LogP contribution in [-0.2, 0) is 9.47 Å². The maximum Gasteiger partial charge on any atom is 0.126 e. The molecule has 1 fully saturated rings. The Morgan fingerprint density at radius 1 is 1.32 bits per heavy atom. The van der Waals surface area contributed by atoms with Crippen molar-refractivity contribution in [2.45, 2.75) is 12.2 Å². The van der Waals surface area contributed by atoms with Gasteiger partial charge in [-0.2, -0.15) is 0 Å². The Morgan fingerprint density at radius 2 is 1.89 bits per heavy atom. The fraction of sp³-hybridized carbons (Fsp3) is 0.462. The molecule has 0 amide bonds. The van der Waals surface area contributed by atoms with E-state index in [2.05, 4.69) is 20.8 Å². The first-order valence-electron chi connectivity index (χ1n) is 6.02. The number of nitrogens with one attached hydrogen (secondary N) is 1. The monoisotopic (exact) mass is 327 g/mol. The van der Waals surface area contributed by atoms with Crippen LogP contribution in [0.25, 0.3) is 0 Å². The number of hydrogen-bond donors (Lipinski definition) is 2. The second-order valence-corrected chi connectivity index (χ2v) is 5.36. The number of benzene rings is 1.